The number of thiophene rings is 1. The van der Waals surface area contributed by atoms with E-state index in [0.29, 0.717) is 31.1 Å². The number of carbonyl (C=O) groups is 3. The second-order valence-electron chi connectivity index (χ2n) is 10.0. The summed E-state index contributed by atoms with van der Waals surface area (Å²) < 4.78 is 12.5. The van der Waals surface area contributed by atoms with Crippen molar-refractivity contribution in [2.45, 2.75) is 45.8 Å². The summed E-state index contributed by atoms with van der Waals surface area (Å²) in [6, 6.07) is 5.88. The number of hydrogen-bond acceptors (Lipinski definition) is 8. The molecule has 0 aliphatic carbocycles. The third-order valence-corrected chi connectivity index (χ3v) is 8.80. The Morgan fingerprint density at radius 1 is 1.23 bits per heavy atom. The average Bonchev–Trinajstić information content (AvgIpc) is 3.43. The van der Waals surface area contributed by atoms with Crippen LogP contribution in [0.5, 0.6) is 0 Å². The predicted molar refractivity (Wildman–Crippen MR) is 156 cm³/mol. The van der Waals surface area contributed by atoms with E-state index in [4.69, 9.17) is 14.5 Å². The lowest BCUT2D eigenvalue weighted by molar-refractivity contribution is -0.116. The molecule has 3 amide bonds. The summed E-state index contributed by atoms with van der Waals surface area (Å²) in [5, 5.41) is 13.9. The number of carboxylic acid groups (broad SMARTS) is 1. The quantitative estimate of drug-likeness (QED) is 0.309. The zero-order chi connectivity index (χ0) is 28.3. The summed E-state index contributed by atoms with van der Waals surface area (Å²) >= 11 is 6.47. The molecule has 0 saturated carbocycles. The normalized spacial score (nSPS) is 13.3. The Morgan fingerprint density at radius 2 is 2.00 bits per heavy atom. The molecule has 0 atom stereocenters. The van der Waals surface area contributed by atoms with E-state index < -0.39 is 17.8 Å². The van der Waals surface area contributed by atoms with Crippen molar-refractivity contribution < 1.29 is 29.0 Å². The maximum Gasteiger partial charge on any atom is 0.410 e. The van der Waals surface area contributed by atoms with Crippen LogP contribution >= 0.6 is 38.6 Å². The number of benzene rings is 1. The number of hydrogen-bond donors (Lipinski definition) is 2. The molecule has 1 aromatic carbocycles. The molecule has 1 aliphatic heterocycles. The fourth-order valence-electron chi connectivity index (χ4n) is 4.15. The number of anilines is 1. The molecular weight excluding hydrogens is 608 g/mol. The van der Waals surface area contributed by atoms with Crippen LogP contribution in [-0.4, -0.2) is 76.9 Å². The van der Waals surface area contributed by atoms with Crippen LogP contribution in [0.2, 0.25) is 0 Å². The molecule has 13 heteroatoms. The van der Waals surface area contributed by atoms with Gasteiger partial charge in [0.15, 0.2) is 0 Å². The minimum atomic E-state index is -0.969. The van der Waals surface area contributed by atoms with Crippen molar-refractivity contribution in [2.75, 3.05) is 38.7 Å². The van der Waals surface area contributed by atoms with Gasteiger partial charge in [0.1, 0.15) is 15.6 Å². The Labute approximate surface area is 243 Å². The number of aromatic nitrogens is 1. The van der Waals surface area contributed by atoms with Gasteiger partial charge in [0.25, 0.3) is 0 Å². The lowest BCUT2D eigenvalue weighted by Gasteiger charge is -2.27. The molecule has 2 aromatic heterocycles. The molecule has 1 aliphatic rings. The Bertz CT molecular complexity index is 1380. The molecule has 0 radical (unpaired) electrons. The van der Waals surface area contributed by atoms with E-state index in [1.807, 2.05) is 18.2 Å². The van der Waals surface area contributed by atoms with Crippen LogP contribution in [-0.2, 0) is 27.2 Å². The second-order valence-corrected chi connectivity index (χ2v) is 13.0. The third-order valence-electron chi connectivity index (χ3n) is 5.99. The minimum Gasteiger partial charge on any atom is -0.465 e. The molecule has 0 spiro atoms. The first-order valence-corrected chi connectivity index (χ1v) is 14.8. The lowest BCUT2D eigenvalue weighted by atomic mass is 10.0. The summed E-state index contributed by atoms with van der Waals surface area (Å²) in [6.07, 6.45) is -0.890. The van der Waals surface area contributed by atoms with Crippen molar-refractivity contribution in [3.8, 4) is 10.6 Å². The largest absolute Gasteiger partial charge is 0.465 e. The van der Waals surface area contributed by atoms with Crippen molar-refractivity contribution in [3.63, 3.8) is 0 Å². The van der Waals surface area contributed by atoms with Gasteiger partial charge in [-0.2, -0.15) is 0 Å². The van der Waals surface area contributed by atoms with Gasteiger partial charge in [-0.3, -0.25) is 4.79 Å². The Hall–Kier alpha value is -2.74. The highest BCUT2D eigenvalue weighted by molar-refractivity contribution is 9.10. The van der Waals surface area contributed by atoms with Crippen LogP contribution in [0.3, 0.4) is 0 Å². The molecule has 4 rings (SSSR count). The number of carbonyl (C=O) groups excluding carboxylic acids is 2. The molecular formula is C26H31BrN4O6S2. The van der Waals surface area contributed by atoms with Gasteiger partial charge in [-0.15, -0.1) is 22.7 Å². The van der Waals surface area contributed by atoms with Crippen molar-refractivity contribution >= 4 is 71.9 Å². The van der Waals surface area contributed by atoms with Gasteiger partial charge in [0, 0.05) is 48.1 Å². The molecule has 0 saturated heterocycles. The van der Waals surface area contributed by atoms with Crippen LogP contribution in [0.4, 0.5) is 14.6 Å². The Kier molecular flexibility index (Phi) is 9.14. The molecule has 39 heavy (non-hydrogen) atoms. The van der Waals surface area contributed by atoms with Crippen LogP contribution in [0.25, 0.3) is 20.8 Å². The molecule has 10 nitrogen and oxygen atoms in total. The number of methoxy groups -OCH3 is 1. The van der Waals surface area contributed by atoms with E-state index in [1.165, 1.54) is 32.5 Å². The number of halogens is 1. The summed E-state index contributed by atoms with van der Waals surface area (Å²) in [5.74, 6) is -0.266. The lowest BCUT2D eigenvalue weighted by Crippen LogP contribution is -2.40. The number of para-hydroxylation sites is 1. The summed E-state index contributed by atoms with van der Waals surface area (Å²) in [7, 11) is 1.55. The standard InChI is InChI=1S/C26H31BrN4O6S2/c1-26(2,3)37-25(35)30(12-13-36-4)11-9-19(32)28-22-20(15-8-10-31(24(33)34)14-18(15)39-22)23-29-21-16(27)6-5-7-17(21)38-23/h5-7H,8-14H2,1-4H3,(H,28,32)(H,33,34). The van der Waals surface area contributed by atoms with Gasteiger partial charge < -0.3 is 29.7 Å². The van der Waals surface area contributed by atoms with Crippen LogP contribution in [0.1, 0.15) is 37.6 Å². The topological polar surface area (TPSA) is 121 Å². The number of fused-ring (bicyclic) bond motifs is 2. The molecule has 210 valence electrons. The van der Waals surface area contributed by atoms with Crippen LogP contribution < -0.4 is 5.32 Å². The number of nitrogens with one attached hydrogen (secondary N) is 1. The maximum absolute atomic E-state index is 13.2. The van der Waals surface area contributed by atoms with E-state index in [1.54, 1.807) is 27.9 Å². The predicted octanol–water partition coefficient (Wildman–Crippen LogP) is 6.04. The number of ether oxygens (including phenoxy) is 2. The second kappa shape index (κ2) is 12.2. The van der Waals surface area contributed by atoms with E-state index >= 15 is 0 Å². The zero-order valence-electron chi connectivity index (χ0n) is 22.2. The van der Waals surface area contributed by atoms with Gasteiger partial charge in [0.2, 0.25) is 5.91 Å². The van der Waals surface area contributed by atoms with Gasteiger partial charge >= 0.3 is 12.2 Å². The summed E-state index contributed by atoms with van der Waals surface area (Å²) in [6.45, 7) is 6.77. The molecule has 0 bridgehead atoms. The smallest absolute Gasteiger partial charge is 0.410 e. The number of thiazole rings is 1. The van der Waals surface area contributed by atoms with Gasteiger partial charge in [-0.25, -0.2) is 14.6 Å². The maximum atomic E-state index is 13.2. The van der Waals surface area contributed by atoms with Crippen LogP contribution in [0.15, 0.2) is 22.7 Å². The summed E-state index contributed by atoms with van der Waals surface area (Å²) in [5.41, 5.74) is 2.03. The van der Waals surface area contributed by atoms with E-state index in [0.717, 1.165) is 35.7 Å². The molecule has 2 N–H and O–H groups in total. The zero-order valence-corrected chi connectivity index (χ0v) is 25.4. The number of nitrogens with zero attached hydrogens (tertiary/aromatic N) is 3. The fourth-order valence-corrected chi connectivity index (χ4v) is 7.15. The van der Waals surface area contributed by atoms with Crippen molar-refractivity contribution in [1.82, 2.24) is 14.8 Å². The monoisotopic (exact) mass is 638 g/mol. The van der Waals surface area contributed by atoms with Gasteiger partial charge in [0.05, 0.1) is 23.4 Å². The highest BCUT2D eigenvalue weighted by Gasteiger charge is 2.30. The fraction of sp³-hybridized carbons (Fsp3) is 0.462. The van der Waals surface area contributed by atoms with E-state index in [2.05, 4.69) is 21.2 Å². The number of amides is 3. The molecule has 3 aromatic rings. The van der Waals surface area contributed by atoms with Crippen molar-refractivity contribution in [2.24, 2.45) is 0 Å². The first-order valence-electron chi connectivity index (χ1n) is 12.4. The third kappa shape index (κ3) is 7.07. The molecule has 3 heterocycles. The van der Waals surface area contributed by atoms with E-state index in [-0.39, 0.29) is 25.4 Å². The first-order chi connectivity index (χ1) is 18.5. The highest BCUT2D eigenvalue weighted by Crippen LogP contribution is 2.46. The van der Waals surface area contributed by atoms with Gasteiger partial charge in [-0.05, 0) is 60.8 Å². The SMILES string of the molecule is COCCN(CCC(=O)Nc1sc2c(c1-c1nc3c(Br)cccc3s1)CCN(C(=O)O)C2)C(=O)OC(C)(C)C. The summed E-state index contributed by atoms with van der Waals surface area (Å²) in [4.78, 5) is 46.0. The average molecular weight is 640 g/mol. The molecule has 0 fully saturated rings. The minimum absolute atomic E-state index is 0.0532. The Balaban J connectivity index is 1.59. The van der Waals surface area contributed by atoms with Gasteiger partial charge in [-0.1, -0.05) is 6.07 Å². The first kappa shape index (κ1) is 29.2. The van der Waals surface area contributed by atoms with E-state index in [9.17, 15) is 19.5 Å². The number of rotatable bonds is 8. The highest BCUT2D eigenvalue weighted by atomic mass is 79.9. The Morgan fingerprint density at radius 3 is 2.67 bits per heavy atom. The van der Waals surface area contributed by atoms with Crippen molar-refractivity contribution in [3.05, 3.63) is 33.1 Å². The van der Waals surface area contributed by atoms with Crippen LogP contribution in [0, 0.1) is 0 Å². The molecule has 0 unspecified atom stereocenters. The van der Waals surface area contributed by atoms with Crippen molar-refractivity contribution in [1.29, 1.82) is 0 Å².